The highest BCUT2D eigenvalue weighted by molar-refractivity contribution is 6.30. The van der Waals surface area contributed by atoms with Crippen molar-refractivity contribution < 1.29 is 9.66 Å². The number of non-ortho nitro benzene ring substituents is 1. The lowest BCUT2D eigenvalue weighted by atomic mass is 10.2. The molecule has 1 aromatic carbocycles. The molecule has 0 saturated carbocycles. The number of nitro groups is 1. The molecular formula is C12H10ClN3O5. The monoisotopic (exact) mass is 311 g/mol. The average Bonchev–Trinajstić information content (AvgIpc) is 2.45. The molecule has 110 valence electrons. The van der Waals surface area contributed by atoms with Crippen LogP contribution in [0.25, 0.3) is 5.69 Å². The lowest BCUT2D eigenvalue weighted by Crippen LogP contribution is -2.35. The van der Waals surface area contributed by atoms with E-state index in [2.05, 4.69) is 4.98 Å². The Bertz CT molecular complexity index is 840. The molecule has 0 radical (unpaired) electrons. The van der Waals surface area contributed by atoms with Crippen LogP contribution in [0.4, 0.5) is 5.69 Å². The third-order valence-corrected chi connectivity index (χ3v) is 3.27. The quantitative estimate of drug-likeness (QED) is 0.524. The summed E-state index contributed by atoms with van der Waals surface area (Å²) in [5, 5.41) is 10.7. The molecule has 1 heterocycles. The van der Waals surface area contributed by atoms with Crippen molar-refractivity contribution >= 4 is 17.3 Å². The van der Waals surface area contributed by atoms with Crippen LogP contribution in [0, 0.1) is 17.0 Å². The molecule has 1 N–H and O–H groups in total. The highest BCUT2D eigenvalue weighted by Gasteiger charge is 2.17. The second-order valence-corrected chi connectivity index (χ2v) is 4.50. The molecule has 0 amide bonds. The van der Waals surface area contributed by atoms with Gasteiger partial charge in [0.25, 0.3) is 11.2 Å². The summed E-state index contributed by atoms with van der Waals surface area (Å²) in [5.41, 5.74) is -1.37. The number of H-pyrrole nitrogens is 1. The van der Waals surface area contributed by atoms with Crippen LogP contribution in [0.5, 0.6) is 5.75 Å². The van der Waals surface area contributed by atoms with E-state index in [1.54, 1.807) is 0 Å². The van der Waals surface area contributed by atoms with Crippen LogP contribution in [0.1, 0.15) is 5.56 Å². The molecule has 9 heteroatoms. The number of ether oxygens (including phenoxy) is 1. The fourth-order valence-electron chi connectivity index (χ4n) is 1.78. The number of hydrogen-bond acceptors (Lipinski definition) is 5. The Morgan fingerprint density at radius 2 is 2.05 bits per heavy atom. The molecule has 0 bridgehead atoms. The van der Waals surface area contributed by atoms with Crippen molar-refractivity contribution in [2.45, 2.75) is 6.92 Å². The molecule has 0 atom stereocenters. The van der Waals surface area contributed by atoms with E-state index in [4.69, 9.17) is 16.3 Å². The van der Waals surface area contributed by atoms with Crippen molar-refractivity contribution in [3.05, 3.63) is 59.9 Å². The molecule has 0 aliphatic heterocycles. The lowest BCUT2D eigenvalue weighted by Gasteiger charge is -2.10. The van der Waals surface area contributed by atoms with Gasteiger partial charge in [-0.3, -0.25) is 19.9 Å². The first kappa shape index (κ1) is 14.8. The van der Waals surface area contributed by atoms with Crippen LogP contribution in [0.2, 0.25) is 5.15 Å². The summed E-state index contributed by atoms with van der Waals surface area (Å²) in [6, 6.07) is 3.57. The van der Waals surface area contributed by atoms with Gasteiger partial charge in [-0.05, 0) is 13.0 Å². The van der Waals surface area contributed by atoms with Gasteiger partial charge in [0.1, 0.15) is 10.9 Å². The van der Waals surface area contributed by atoms with E-state index in [1.165, 1.54) is 26.2 Å². The van der Waals surface area contributed by atoms with Gasteiger partial charge in [-0.25, -0.2) is 9.36 Å². The van der Waals surface area contributed by atoms with Gasteiger partial charge < -0.3 is 4.74 Å². The number of aromatic nitrogens is 2. The van der Waals surface area contributed by atoms with E-state index >= 15 is 0 Å². The first-order valence-corrected chi connectivity index (χ1v) is 6.09. The number of aromatic amines is 1. The molecule has 0 unspecified atom stereocenters. The number of benzene rings is 1. The topological polar surface area (TPSA) is 107 Å². The molecule has 21 heavy (non-hydrogen) atoms. The Kier molecular flexibility index (Phi) is 3.81. The molecule has 1 aromatic heterocycles. The van der Waals surface area contributed by atoms with Gasteiger partial charge in [0, 0.05) is 6.07 Å². The smallest absolute Gasteiger partial charge is 0.334 e. The highest BCUT2D eigenvalue weighted by atomic mass is 35.5. The first-order valence-electron chi connectivity index (χ1n) is 5.71. The number of nitrogens with one attached hydrogen (secondary N) is 1. The fourth-order valence-corrected chi connectivity index (χ4v) is 1.94. The molecule has 8 nitrogen and oxygen atoms in total. The number of methoxy groups -OCH3 is 1. The summed E-state index contributed by atoms with van der Waals surface area (Å²) in [7, 11) is 1.28. The maximum absolute atomic E-state index is 12.2. The standard InChI is InChI=1S/C12H10ClN3O5/c1-6-10(13)14-12(18)15(11(6)17)8-4-3-7(16(19)20)5-9(8)21-2/h3-5H,1-2H3,(H,14,18). The summed E-state index contributed by atoms with van der Waals surface area (Å²) in [6.07, 6.45) is 0. The molecular weight excluding hydrogens is 302 g/mol. The van der Waals surface area contributed by atoms with Crippen LogP contribution in [0.15, 0.2) is 27.8 Å². The summed E-state index contributed by atoms with van der Waals surface area (Å²) < 4.78 is 5.83. The van der Waals surface area contributed by atoms with Gasteiger partial charge >= 0.3 is 5.69 Å². The number of nitro benzene ring substituents is 1. The van der Waals surface area contributed by atoms with Crippen molar-refractivity contribution in [3.63, 3.8) is 0 Å². The minimum atomic E-state index is -0.761. The van der Waals surface area contributed by atoms with Gasteiger partial charge in [-0.2, -0.15) is 0 Å². The van der Waals surface area contributed by atoms with Gasteiger partial charge in [-0.1, -0.05) is 11.6 Å². The first-order chi connectivity index (χ1) is 9.86. The van der Waals surface area contributed by atoms with Crippen LogP contribution < -0.4 is 16.0 Å². The van der Waals surface area contributed by atoms with Gasteiger partial charge in [0.15, 0.2) is 0 Å². The Labute approximate surface area is 122 Å². The van der Waals surface area contributed by atoms with Crippen molar-refractivity contribution in [3.8, 4) is 11.4 Å². The number of hydrogen-bond donors (Lipinski definition) is 1. The normalized spacial score (nSPS) is 10.4. The number of rotatable bonds is 3. The second kappa shape index (κ2) is 5.41. The Morgan fingerprint density at radius 1 is 1.38 bits per heavy atom. The molecule has 0 aliphatic rings. The molecule has 0 aliphatic carbocycles. The third kappa shape index (κ3) is 2.52. The zero-order chi connectivity index (χ0) is 15.7. The number of nitrogens with zero attached hydrogens (tertiary/aromatic N) is 2. The van der Waals surface area contributed by atoms with Crippen LogP contribution in [-0.2, 0) is 0 Å². The third-order valence-electron chi connectivity index (χ3n) is 2.89. The summed E-state index contributed by atoms with van der Waals surface area (Å²) in [5.74, 6) is 0.0264. The highest BCUT2D eigenvalue weighted by Crippen LogP contribution is 2.26. The van der Waals surface area contributed by atoms with Gasteiger partial charge in [0.05, 0.1) is 29.4 Å². The largest absolute Gasteiger partial charge is 0.494 e. The predicted octanol–water partition coefficient (Wildman–Crippen LogP) is 1.40. The van der Waals surface area contributed by atoms with Crippen molar-refractivity contribution in [2.75, 3.05) is 7.11 Å². The van der Waals surface area contributed by atoms with E-state index in [1.807, 2.05) is 0 Å². The van der Waals surface area contributed by atoms with E-state index in [0.29, 0.717) is 0 Å². The van der Waals surface area contributed by atoms with E-state index in [9.17, 15) is 19.7 Å². The molecule has 0 spiro atoms. The minimum Gasteiger partial charge on any atom is -0.494 e. The van der Waals surface area contributed by atoms with E-state index in [0.717, 1.165) is 10.6 Å². The zero-order valence-corrected chi connectivity index (χ0v) is 11.8. The van der Waals surface area contributed by atoms with Crippen molar-refractivity contribution in [1.82, 2.24) is 9.55 Å². The van der Waals surface area contributed by atoms with E-state index in [-0.39, 0.29) is 27.8 Å². The molecule has 0 saturated heterocycles. The maximum Gasteiger partial charge on any atom is 0.334 e. The molecule has 2 aromatic rings. The Morgan fingerprint density at radius 3 is 2.62 bits per heavy atom. The van der Waals surface area contributed by atoms with Gasteiger partial charge in [-0.15, -0.1) is 0 Å². The minimum absolute atomic E-state index is 0.0264. The molecule has 0 fully saturated rings. The fraction of sp³-hybridized carbons (Fsp3) is 0.167. The zero-order valence-electron chi connectivity index (χ0n) is 11.0. The average molecular weight is 312 g/mol. The summed E-state index contributed by atoms with van der Waals surface area (Å²) in [4.78, 5) is 36.6. The second-order valence-electron chi connectivity index (χ2n) is 4.12. The predicted molar refractivity (Wildman–Crippen MR) is 75.6 cm³/mol. The Hall–Kier alpha value is -2.61. The maximum atomic E-state index is 12.2. The Balaban J connectivity index is 2.80. The number of halogens is 1. The van der Waals surface area contributed by atoms with Crippen molar-refractivity contribution in [2.24, 2.45) is 0 Å². The lowest BCUT2D eigenvalue weighted by molar-refractivity contribution is -0.384. The summed E-state index contributed by atoms with van der Waals surface area (Å²) >= 11 is 5.73. The van der Waals surface area contributed by atoms with Crippen LogP contribution in [0.3, 0.4) is 0 Å². The van der Waals surface area contributed by atoms with Gasteiger partial charge in [0.2, 0.25) is 0 Å². The van der Waals surface area contributed by atoms with Crippen molar-refractivity contribution in [1.29, 1.82) is 0 Å². The summed E-state index contributed by atoms with van der Waals surface area (Å²) in [6.45, 7) is 1.45. The molecule has 2 rings (SSSR count). The SMILES string of the molecule is COc1cc([N+](=O)[O-])ccc1-n1c(=O)[nH]c(Cl)c(C)c1=O. The van der Waals surface area contributed by atoms with Crippen LogP contribution >= 0.6 is 11.6 Å². The van der Waals surface area contributed by atoms with Crippen LogP contribution in [-0.4, -0.2) is 21.6 Å². The van der Waals surface area contributed by atoms with E-state index < -0.39 is 16.2 Å².